The zero-order chi connectivity index (χ0) is 22.6. The smallest absolute Gasteiger partial charge is 0.338 e. The molecule has 166 valence electrons. The van der Waals surface area contributed by atoms with Crippen molar-refractivity contribution in [2.75, 3.05) is 19.7 Å². The van der Waals surface area contributed by atoms with E-state index in [1.165, 1.54) is 28.6 Å². The second kappa shape index (κ2) is 9.72. The fraction of sp³-hybridized carbons (Fsp3) is 0.391. The highest BCUT2D eigenvalue weighted by molar-refractivity contribution is 7.89. The predicted molar refractivity (Wildman–Crippen MR) is 116 cm³/mol. The van der Waals surface area contributed by atoms with Gasteiger partial charge >= 0.3 is 5.97 Å². The molecule has 7 nitrogen and oxygen atoms in total. The molecule has 2 aromatic rings. The third-order valence-corrected chi connectivity index (χ3v) is 6.94. The van der Waals surface area contributed by atoms with Gasteiger partial charge in [0, 0.05) is 18.7 Å². The largest absolute Gasteiger partial charge is 0.454 e. The van der Waals surface area contributed by atoms with Crippen LogP contribution in [-0.2, 0) is 25.9 Å². The molecule has 0 saturated carbocycles. The van der Waals surface area contributed by atoms with E-state index >= 15 is 0 Å². The molecule has 0 aromatic heterocycles. The number of carbonyl (C=O) groups excluding carboxylic acids is 2. The van der Waals surface area contributed by atoms with E-state index in [1.54, 1.807) is 12.1 Å². The maximum Gasteiger partial charge on any atom is 0.338 e. The Morgan fingerprint density at radius 3 is 2.29 bits per heavy atom. The molecule has 0 radical (unpaired) electrons. The van der Waals surface area contributed by atoms with Crippen molar-refractivity contribution in [3.63, 3.8) is 0 Å². The average Bonchev–Trinajstić information content (AvgIpc) is 2.76. The number of hydrogen-bond donors (Lipinski definition) is 0. The molecule has 1 aliphatic heterocycles. The van der Waals surface area contributed by atoms with Crippen LogP contribution in [0.1, 0.15) is 47.1 Å². The lowest BCUT2D eigenvalue weighted by Gasteiger charge is -2.34. The molecule has 1 fully saturated rings. The molecule has 0 N–H and O–H groups in total. The third kappa shape index (κ3) is 5.58. The topological polar surface area (TPSA) is 90.0 Å². The van der Waals surface area contributed by atoms with E-state index in [2.05, 4.69) is 0 Å². The zero-order valence-corrected chi connectivity index (χ0v) is 18.7. The fourth-order valence-corrected chi connectivity index (χ4v) is 5.12. The van der Waals surface area contributed by atoms with Gasteiger partial charge in [-0.1, -0.05) is 37.3 Å². The van der Waals surface area contributed by atoms with Crippen molar-refractivity contribution in [2.45, 2.75) is 44.3 Å². The summed E-state index contributed by atoms with van der Waals surface area (Å²) in [4.78, 5) is 24.7. The Kier molecular flexibility index (Phi) is 7.25. The summed E-state index contributed by atoms with van der Waals surface area (Å²) in [5, 5.41) is 0. The van der Waals surface area contributed by atoms with Gasteiger partial charge in [-0.3, -0.25) is 4.79 Å². The summed E-state index contributed by atoms with van der Waals surface area (Å²) in [5.41, 5.74) is 1.64. The number of aryl methyl sites for hydroxylation is 1. The van der Waals surface area contributed by atoms with Gasteiger partial charge in [-0.05, 0) is 44.0 Å². The zero-order valence-electron chi connectivity index (χ0n) is 17.9. The van der Waals surface area contributed by atoms with Crippen LogP contribution >= 0.6 is 0 Å². The molecule has 3 rings (SSSR count). The summed E-state index contributed by atoms with van der Waals surface area (Å²) >= 11 is 0. The van der Waals surface area contributed by atoms with Gasteiger partial charge in [-0.25, -0.2) is 13.2 Å². The van der Waals surface area contributed by atoms with Crippen LogP contribution in [0.3, 0.4) is 0 Å². The van der Waals surface area contributed by atoms with Gasteiger partial charge in [-0.15, -0.1) is 0 Å². The van der Waals surface area contributed by atoms with Crippen LogP contribution in [0.15, 0.2) is 53.4 Å². The van der Waals surface area contributed by atoms with E-state index in [-0.39, 0.29) is 41.5 Å². The molecule has 31 heavy (non-hydrogen) atoms. The van der Waals surface area contributed by atoms with Gasteiger partial charge in [0.1, 0.15) is 0 Å². The van der Waals surface area contributed by atoms with Crippen LogP contribution in [-0.4, -0.2) is 56.4 Å². The highest BCUT2D eigenvalue weighted by Gasteiger charge is 2.32. The number of ether oxygens (including phenoxy) is 2. The normalized spacial score (nSPS) is 19.7. The molecule has 2 unspecified atom stereocenters. The first-order chi connectivity index (χ1) is 14.7. The highest BCUT2D eigenvalue weighted by atomic mass is 32.2. The van der Waals surface area contributed by atoms with Crippen molar-refractivity contribution in [3.05, 3.63) is 65.2 Å². The van der Waals surface area contributed by atoms with Crippen LogP contribution in [0, 0.1) is 0 Å². The minimum atomic E-state index is -3.79. The molecule has 0 amide bonds. The van der Waals surface area contributed by atoms with E-state index in [0.717, 1.165) is 12.0 Å². The number of carbonyl (C=O) groups is 2. The number of ketones is 1. The average molecular weight is 446 g/mol. The molecule has 1 heterocycles. The Morgan fingerprint density at radius 2 is 1.68 bits per heavy atom. The minimum Gasteiger partial charge on any atom is -0.454 e. The van der Waals surface area contributed by atoms with Gasteiger partial charge in [-0.2, -0.15) is 4.31 Å². The molecule has 8 heteroatoms. The Balaban J connectivity index is 1.68. The summed E-state index contributed by atoms with van der Waals surface area (Å²) in [6, 6.07) is 12.8. The molecule has 1 saturated heterocycles. The second-order valence-electron chi connectivity index (χ2n) is 7.66. The van der Waals surface area contributed by atoms with E-state index in [0.29, 0.717) is 5.56 Å². The molecule has 2 atom stereocenters. The number of sulfonamides is 1. The summed E-state index contributed by atoms with van der Waals surface area (Å²) in [6.45, 7) is 5.73. The van der Waals surface area contributed by atoms with Crippen molar-refractivity contribution in [2.24, 2.45) is 0 Å². The van der Waals surface area contributed by atoms with Crippen molar-refractivity contribution in [3.8, 4) is 0 Å². The van der Waals surface area contributed by atoms with Crippen molar-refractivity contribution in [1.82, 2.24) is 4.31 Å². The first-order valence-corrected chi connectivity index (χ1v) is 11.7. The summed E-state index contributed by atoms with van der Waals surface area (Å²) < 4.78 is 38.1. The standard InChI is InChI=1S/C23H27NO6S/c1-4-18-8-10-19(11-9-18)22(25)15-29-23(26)20-6-5-7-21(12-20)31(27,28)24-13-16(2)30-17(3)14-24/h5-12,16-17H,4,13-15H2,1-3H3. The number of hydrogen-bond acceptors (Lipinski definition) is 6. The van der Waals surface area contributed by atoms with Gasteiger partial charge in [0.05, 0.1) is 22.7 Å². The molecule has 1 aliphatic rings. The molecular formula is C23H27NO6S. The molecule has 0 spiro atoms. The van der Waals surface area contributed by atoms with Crippen LogP contribution in [0.4, 0.5) is 0 Å². The third-order valence-electron chi connectivity index (χ3n) is 5.11. The van der Waals surface area contributed by atoms with Crippen LogP contribution in [0.5, 0.6) is 0 Å². The molecule has 0 aliphatic carbocycles. The van der Waals surface area contributed by atoms with Gasteiger partial charge < -0.3 is 9.47 Å². The van der Waals surface area contributed by atoms with E-state index in [4.69, 9.17) is 9.47 Å². The lowest BCUT2D eigenvalue weighted by atomic mass is 10.1. The summed E-state index contributed by atoms with van der Waals surface area (Å²) in [6.07, 6.45) is 0.429. The first kappa shape index (κ1) is 23.1. The number of nitrogens with zero attached hydrogens (tertiary/aromatic N) is 1. The summed E-state index contributed by atoms with van der Waals surface area (Å²) in [5.74, 6) is -1.07. The lowest BCUT2D eigenvalue weighted by molar-refractivity contribution is -0.0440. The van der Waals surface area contributed by atoms with Crippen LogP contribution in [0.2, 0.25) is 0 Å². The Hall–Kier alpha value is -2.55. The maximum atomic E-state index is 13.0. The Labute approximate surface area is 183 Å². The highest BCUT2D eigenvalue weighted by Crippen LogP contribution is 2.22. The fourth-order valence-electron chi connectivity index (χ4n) is 3.48. The van der Waals surface area contributed by atoms with Gasteiger partial charge in [0.15, 0.2) is 12.4 Å². The first-order valence-electron chi connectivity index (χ1n) is 10.3. The van der Waals surface area contributed by atoms with Gasteiger partial charge in [0.25, 0.3) is 0 Å². The van der Waals surface area contributed by atoms with Crippen molar-refractivity contribution in [1.29, 1.82) is 0 Å². The second-order valence-corrected chi connectivity index (χ2v) is 9.59. The SMILES string of the molecule is CCc1ccc(C(=O)COC(=O)c2cccc(S(=O)(=O)N3CC(C)OC(C)C3)c2)cc1. The maximum absolute atomic E-state index is 13.0. The minimum absolute atomic E-state index is 0.00438. The van der Waals surface area contributed by atoms with Crippen molar-refractivity contribution >= 4 is 21.8 Å². The Bertz CT molecular complexity index is 1040. The number of benzene rings is 2. The number of esters is 1. The van der Waals surface area contributed by atoms with E-state index < -0.39 is 22.6 Å². The number of rotatable bonds is 7. The quantitative estimate of drug-likeness (QED) is 0.481. The Morgan fingerprint density at radius 1 is 1.03 bits per heavy atom. The van der Waals surface area contributed by atoms with Crippen molar-refractivity contribution < 1.29 is 27.5 Å². The summed E-state index contributed by atoms with van der Waals surface area (Å²) in [7, 11) is -3.79. The van der Waals surface area contributed by atoms with Crippen LogP contribution in [0.25, 0.3) is 0 Å². The predicted octanol–water partition coefficient (Wildman–Crippen LogP) is 3.09. The lowest BCUT2D eigenvalue weighted by Crippen LogP contribution is -2.48. The number of Topliss-reactive ketones (excluding diaryl/α,β-unsaturated/α-hetero) is 1. The molecule has 2 aromatic carbocycles. The van der Waals surface area contributed by atoms with Crippen LogP contribution < -0.4 is 0 Å². The molecular weight excluding hydrogens is 418 g/mol. The monoisotopic (exact) mass is 445 g/mol. The van der Waals surface area contributed by atoms with Gasteiger partial charge in [0.2, 0.25) is 10.0 Å². The molecule has 0 bridgehead atoms. The number of morpholine rings is 1. The van der Waals surface area contributed by atoms with E-state index in [1.807, 2.05) is 32.9 Å². The van der Waals surface area contributed by atoms with E-state index in [9.17, 15) is 18.0 Å².